The Morgan fingerprint density at radius 1 is 0.203 bits per heavy atom. The maximum absolute atomic E-state index is 3.36. The van der Waals surface area contributed by atoms with Gasteiger partial charge in [-0.25, -0.2) is 0 Å². The topological polar surface area (TPSA) is 9.72 Å². The van der Waals surface area contributed by atoms with E-state index in [4.69, 9.17) is 0 Å². The van der Waals surface area contributed by atoms with Crippen molar-refractivity contribution in [2.24, 2.45) is 59.2 Å². The fraction of sp³-hybridized carbons (Fsp3) is 1.00. The first kappa shape index (κ1) is 45.4. The minimum atomic E-state index is 0.838. The molecule has 8 rings (SSSR count). The van der Waals surface area contributed by atoms with Gasteiger partial charge in [-0.1, -0.05) is 87.5 Å². The van der Waals surface area contributed by atoms with Crippen LogP contribution in [0.25, 0.3) is 0 Å². The van der Waals surface area contributed by atoms with Gasteiger partial charge in [0.1, 0.15) is 0 Å². The quantitative estimate of drug-likeness (QED) is 0.217. The third-order valence-corrected chi connectivity index (χ3v) is 19.8. The van der Waals surface area contributed by atoms with Crippen molar-refractivity contribution in [1.29, 1.82) is 0 Å². The van der Waals surface area contributed by atoms with E-state index in [-0.39, 0.29) is 0 Å². The van der Waals surface area contributed by atoms with Crippen LogP contribution in [-0.2, 0) is 0 Å². The Balaban J connectivity index is 0.984. The molecule has 8 unspecified atom stereocenters. The van der Waals surface area contributed by atoms with Gasteiger partial charge in [-0.2, -0.15) is 0 Å². The van der Waals surface area contributed by atoms with Crippen molar-refractivity contribution in [2.45, 2.75) is 296 Å². The zero-order chi connectivity index (χ0) is 41.2. The molecule has 0 aromatic heterocycles. The van der Waals surface area contributed by atoms with Gasteiger partial charge < -0.3 is 0 Å². The van der Waals surface area contributed by atoms with Crippen LogP contribution in [-0.4, -0.2) is 69.1 Å². The van der Waals surface area contributed by atoms with Crippen LogP contribution >= 0.6 is 0 Å². The zero-order valence-corrected chi connectivity index (χ0v) is 40.8. The average Bonchev–Trinajstić information content (AvgIpc) is 3.19. The van der Waals surface area contributed by atoms with Gasteiger partial charge in [0.25, 0.3) is 0 Å². The van der Waals surface area contributed by atoms with Gasteiger partial charge in [0, 0.05) is 54.4 Å². The molecule has 0 N–H and O–H groups in total. The molecule has 8 saturated carbocycles. The lowest BCUT2D eigenvalue weighted by molar-refractivity contribution is -0.0494. The van der Waals surface area contributed by atoms with E-state index < -0.39 is 0 Å². The molecular formula is C56H101N3. The molecule has 0 aliphatic heterocycles. The van der Waals surface area contributed by atoms with E-state index in [2.05, 4.69) is 70.1 Å². The van der Waals surface area contributed by atoms with Crippen LogP contribution in [0.5, 0.6) is 0 Å². The Bertz CT molecular complexity index is 1070. The van der Waals surface area contributed by atoms with Crippen molar-refractivity contribution in [3.63, 3.8) is 0 Å². The first-order valence-electron chi connectivity index (χ1n) is 27.8. The standard InChI is InChI=1S/C56H101N3/c1-38-26-39(2)31-53(30-38)58(54-32-40(3)27-41(4)33-54)51-22-18-49(19-23-51)57(48-16-14-47(15-17-48)46-12-10-9-11-13-46)50-20-24-52(25-21-50)59(55-34-42(5)28-43(6)35-55)56-36-44(7)29-45(8)37-56/h38-56H,9-37H2,1-8H3. The van der Waals surface area contributed by atoms with E-state index in [1.807, 2.05) is 0 Å². The lowest BCUT2D eigenvalue weighted by atomic mass is 9.71. The molecule has 8 atom stereocenters. The molecule has 0 radical (unpaired) electrons. The zero-order valence-electron chi connectivity index (χ0n) is 40.8. The fourth-order valence-corrected chi connectivity index (χ4v) is 18.1. The van der Waals surface area contributed by atoms with Gasteiger partial charge in [0.2, 0.25) is 0 Å². The second-order valence-corrected chi connectivity index (χ2v) is 25.5. The third-order valence-electron chi connectivity index (χ3n) is 19.8. The molecule has 0 amide bonds. The minimum Gasteiger partial charge on any atom is -0.294 e. The monoisotopic (exact) mass is 816 g/mol. The van der Waals surface area contributed by atoms with Crippen LogP contribution in [0, 0.1) is 59.2 Å². The Labute approximate surface area is 368 Å². The number of rotatable bonds is 10. The smallest absolute Gasteiger partial charge is 0.0106 e. The Hall–Kier alpha value is -0.120. The van der Waals surface area contributed by atoms with Crippen LogP contribution in [0.1, 0.15) is 242 Å². The van der Waals surface area contributed by atoms with E-state index in [0.717, 1.165) is 114 Å². The summed E-state index contributed by atoms with van der Waals surface area (Å²) < 4.78 is 0. The SMILES string of the molecule is CC1CC(C)CC(N(C2CCC(N(C3CCC(C4CCCCC4)CC3)C3CCC(N(C4CC(C)CC(C)C4)C4CC(C)CC(C)C4)CC3)CC2)C2CC(C)CC(C)C2)C1. The van der Waals surface area contributed by atoms with Crippen molar-refractivity contribution >= 4 is 0 Å². The molecule has 0 aromatic carbocycles. The Morgan fingerprint density at radius 2 is 0.407 bits per heavy atom. The molecule has 340 valence electrons. The van der Waals surface area contributed by atoms with Gasteiger partial charge in [0.05, 0.1) is 0 Å². The molecule has 0 bridgehead atoms. The maximum atomic E-state index is 3.36. The van der Waals surface area contributed by atoms with Crippen molar-refractivity contribution in [2.75, 3.05) is 0 Å². The number of nitrogens with zero attached hydrogens (tertiary/aromatic N) is 3. The van der Waals surface area contributed by atoms with Gasteiger partial charge in [-0.15, -0.1) is 0 Å². The highest BCUT2D eigenvalue weighted by atomic mass is 15.3. The summed E-state index contributed by atoms with van der Waals surface area (Å²) in [5.74, 6) is 9.34. The normalized spacial score (nSPS) is 47.4. The number of hydrogen-bond donors (Lipinski definition) is 0. The predicted molar refractivity (Wildman–Crippen MR) is 254 cm³/mol. The molecule has 0 aromatic rings. The van der Waals surface area contributed by atoms with Crippen molar-refractivity contribution in [1.82, 2.24) is 14.7 Å². The largest absolute Gasteiger partial charge is 0.294 e. The highest BCUT2D eigenvalue weighted by Gasteiger charge is 2.46. The molecule has 8 aliphatic carbocycles. The summed E-state index contributed by atoms with van der Waals surface area (Å²) in [4.78, 5) is 9.94. The van der Waals surface area contributed by atoms with Gasteiger partial charge in [-0.3, -0.25) is 14.7 Å². The minimum absolute atomic E-state index is 0.838. The van der Waals surface area contributed by atoms with E-state index in [1.165, 1.54) is 161 Å². The average molecular weight is 816 g/mol. The lowest BCUT2D eigenvalue weighted by Gasteiger charge is -2.55. The van der Waals surface area contributed by atoms with Crippen LogP contribution in [0.4, 0.5) is 0 Å². The third kappa shape index (κ3) is 11.4. The van der Waals surface area contributed by atoms with E-state index in [9.17, 15) is 0 Å². The first-order chi connectivity index (χ1) is 28.5. The molecular weight excluding hydrogens is 715 g/mol. The highest BCUT2D eigenvalue weighted by Crippen LogP contribution is 2.47. The summed E-state index contributed by atoms with van der Waals surface area (Å²) >= 11 is 0. The summed E-state index contributed by atoms with van der Waals surface area (Å²) in [6, 6.07) is 7.59. The maximum Gasteiger partial charge on any atom is 0.0106 e. The van der Waals surface area contributed by atoms with Crippen molar-refractivity contribution in [3.05, 3.63) is 0 Å². The second-order valence-electron chi connectivity index (χ2n) is 25.5. The van der Waals surface area contributed by atoms with Gasteiger partial charge in [0.15, 0.2) is 0 Å². The molecule has 8 aliphatic rings. The molecule has 8 fully saturated rings. The molecule has 3 nitrogen and oxygen atoms in total. The summed E-state index contributed by atoms with van der Waals surface area (Å²) in [6.07, 6.45) is 43.3. The summed E-state index contributed by atoms with van der Waals surface area (Å²) in [5.41, 5.74) is 0. The van der Waals surface area contributed by atoms with Gasteiger partial charge >= 0.3 is 0 Å². The first-order valence-corrected chi connectivity index (χ1v) is 27.8. The van der Waals surface area contributed by atoms with E-state index in [1.54, 1.807) is 25.7 Å². The van der Waals surface area contributed by atoms with E-state index in [0.29, 0.717) is 0 Å². The fourth-order valence-electron chi connectivity index (χ4n) is 18.1. The molecule has 0 spiro atoms. The summed E-state index contributed by atoms with van der Waals surface area (Å²) in [7, 11) is 0. The molecule has 0 saturated heterocycles. The number of hydrogen-bond acceptors (Lipinski definition) is 3. The summed E-state index contributed by atoms with van der Waals surface area (Å²) in [6.45, 7) is 20.7. The molecule has 59 heavy (non-hydrogen) atoms. The van der Waals surface area contributed by atoms with Crippen LogP contribution in [0.2, 0.25) is 0 Å². The van der Waals surface area contributed by atoms with Crippen LogP contribution in [0.3, 0.4) is 0 Å². The van der Waals surface area contributed by atoms with Crippen LogP contribution < -0.4 is 0 Å². The second kappa shape index (κ2) is 20.8. The lowest BCUT2D eigenvalue weighted by Crippen LogP contribution is -2.58. The van der Waals surface area contributed by atoms with E-state index >= 15 is 0 Å². The van der Waals surface area contributed by atoms with Crippen LogP contribution in [0.15, 0.2) is 0 Å². The Morgan fingerprint density at radius 3 is 0.661 bits per heavy atom. The predicted octanol–water partition coefficient (Wildman–Crippen LogP) is 15.0. The highest BCUT2D eigenvalue weighted by molar-refractivity contribution is 5.01. The molecule has 3 heteroatoms. The summed E-state index contributed by atoms with van der Waals surface area (Å²) in [5, 5.41) is 0. The van der Waals surface area contributed by atoms with Crippen molar-refractivity contribution in [3.8, 4) is 0 Å². The Kier molecular flexibility index (Phi) is 16.0. The van der Waals surface area contributed by atoms with Gasteiger partial charge in [-0.05, 0) is 213 Å². The molecule has 0 heterocycles. The van der Waals surface area contributed by atoms with Crippen molar-refractivity contribution < 1.29 is 0 Å².